The highest BCUT2D eigenvalue weighted by atomic mass is 35.5. The van der Waals surface area contributed by atoms with Crippen LogP contribution in [0.2, 0.25) is 5.02 Å². The molecule has 6 nitrogen and oxygen atoms in total. The van der Waals surface area contributed by atoms with Crippen LogP contribution in [-0.2, 0) is 14.3 Å². The summed E-state index contributed by atoms with van der Waals surface area (Å²) in [6.07, 6.45) is -8.10. The summed E-state index contributed by atoms with van der Waals surface area (Å²) in [6, 6.07) is 0.619. The molecule has 2 N–H and O–H groups in total. The van der Waals surface area contributed by atoms with Crippen molar-refractivity contribution in [1.82, 2.24) is 10.6 Å². The number of carbonyl (C=O) groups excluding carboxylic acids is 2. The molecule has 0 spiro atoms. The third kappa shape index (κ3) is 4.31. The Labute approximate surface area is 173 Å². The lowest BCUT2D eigenvalue weighted by molar-refractivity contribution is -0.256. The molecule has 30 heavy (non-hydrogen) atoms. The summed E-state index contributed by atoms with van der Waals surface area (Å²) in [5, 5.41) is 3.89. The van der Waals surface area contributed by atoms with E-state index < -0.39 is 65.1 Å². The van der Waals surface area contributed by atoms with E-state index in [9.17, 15) is 31.5 Å². The van der Waals surface area contributed by atoms with Crippen LogP contribution in [0.25, 0.3) is 0 Å². The van der Waals surface area contributed by atoms with Gasteiger partial charge in [0.05, 0.1) is 30.7 Å². The van der Waals surface area contributed by atoms with Gasteiger partial charge in [-0.3, -0.25) is 4.79 Å². The van der Waals surface area contributed by atoms with Crippen LogP contribution in [0.3, 0.4) is 0 Å². The molecule has 1 unspecified atom stereocenters. The maximum absolute atomic E-state index is 14.6. The Balaban J connectivity index is 1.86. The molecule has 0 aliphatic carbocycles. The number of alkyl halides is 3. The zero-order valence-electron chi connectivity index (χ0n) is 15.6. The lowest BCUT2D eigenvalue weighted by Crippen LogP contribution is -2.50. The minimum Gasteiger partial charge on any atom is -0.434 e. The predicted molar refractivity (Wildman–Crippen MR) is 93.7 cm³/mol. The Morgan fingerprint density at radius 3 is 2.60 bits per heavy atom. The van der Waals surface area contributed by atoms with Gasteiger partial charge in [-0.1, -0.05) is 17.7 Å². The fourth-order valence-corrected chi connectivity index (χ4v) is 3.50. The molecule has 3 rings (SSSR count). The number of ether oxygens (including phenoxy) is 2. The van der Waals surface area contributed by atoms with Crippen molar-refractivity contribution in [2.75, 3.05) is 13.2 Å². The number of hydrogen-bond acceptors (Lipinski definition) is 4. The number of amides is 2. The first-order valence-corrected chi connectivity index (χ1v) is 9.37. The predicted octanol–water partition coefficient (Wildman–Crippen LogP) is 3.63. The summed E-state index contributed by atoms with van der Waals surface area (Å²) < 4.78 is 78.2. The normalized spacial score (nSPS) is 27.9. The molecule has 1 aromatic rings. The lowest BCUT2D eigenvalue weighted by atomic mass is 9.80. The fraction of sp³-hybridized carbons (Fsp3) is 0.556. The van der Waals surface area contributed by atoms with E-state index in [-0.39, 0.29) is 24.9 Å². The van der Waals surface area contributed by atoms with E-state index in [4.69, 9.17) is 21.1 Å². The smallest absolute Gasteiger partial charge is 0.408 e. The molecule has 0 radical (unpaired) electrons. The monoisotopic (exact) mass is 456 g/mol. The maximum Gasteiger partial charge on any atom is 0.408 e. The van der Waals surface area contributed by atoms with Gasteiger partial charge in [-0.25, -0.2) is 13.6 Å². The van der Waals surface area contributed by atoms with E-state index in [1.807, 2.05) is 0 Å². The standard InChI is InChI=1S/C18H18ClF5N2O4/c1-17(18(22,23)24)5-4-10(29-7-17)14(8-2-3-9(20)12(19)13(8)21)26-15(27)11-6-25-16(28)30-11/h2-3,10-11,14H,4-7H2,1H3,(H,25,28)(H,26,27)/t10-,11-,14?,17-/m0/s1. The van der Waals surface area contributed by atoms with Gasteiger partial charge in [0, 0.05) is 5.56 Å². The third-order valence-electron chi connectivity index (χ3n) is 5.32. The summed E-state index contributed by atoms with van der Waals surface area (Å²) in [4.78, 5) is 23.6. The number of benzene rings is 1. The molecule has 2 aliphatic heterocycles. The Morgan fingerprint density at radius 1 is 1.37 bits per heavy atom. The number of hydrogen-bond donors (Lipinski definition) is 2. The molecule has 2 amide bonds. The minimum absolute atomic E-state index is 0.137. The molecule has 0 bridgehead atoms. The second kappa shape index (κ2) is 8.18. The van der Waals surface area contributed by atoms with Crippen molar-refractivity contribution in [3.8, 4) is 0 Å². The first-order chi connectivity index (χ1) is 13.9. The van der Waals surface area contributed by atoms with Crippen LogP contribution in [0.15, 0.2) is 12.1 Å². The minimum atomic E-state index is -4.51. The average Bonchev–Trinajstić information content (AvgIpc) is 3.11. The van der Waals surface area contributed by atoms with Crippen LogP contribution in [-0.4, -0.2) is 43.5 Å². The molecule has 2 heterocycles. The second-order valence-corrected chi connectivity index (χ2v) is 7.85. The van der Waals surface area contributed by atoms with Crippen molar-refractivity contribution in [2.45, 2.75) is 44.2 Å². The highest BCUT2D eigenvalue weighted by Gasteiger charge is 2.54. The number of cyclic esters (lactones) is 1. The molecular formula is C18H18ClF5N2O4. The quantitative estimate of drug-likeness (QED) is 0.536. The van der Waals surface area contributed by atoms with Gasteiger partial charge in [-0.15, -0.1) is 0 Å². The maximum atomic E-state index is 14.6. The Kier molecular flexibility index (Phi) is 6.15. The molecule has 166 valence electrons. The summed E-state index contributed by atoms with van der Waals surface area (Å²) in [7, 11) is 0. The first kappa shape index (κ1) is 22.5. The SMILES string of the molecule is C[C@]1(C(F)(F)F)CC[C@@H](C(NC(=O)[C@@H]2CNC(=O)O2)c2ccc(F)c(Cl)c2F)OC1. The fourth-order valence-electron chi connectivity index (χ4n) is 3.33. The molecule has 12 heteroatoms. The van der Waals surface area contributed by atoms with Crippen molar-refractivity contribution in [2.24, 2.45) is 5.41 Å². The van der Waals surface area contributed by atoms with E-state index in [1.165, 1.54) is 0 Å². The molecule has 4 atom stereocenters. The van der Waals surface area contributed by atoms with E-state index in [2.05, 4.69) is 10.6 Å². The molecule has 0 saturated carbocycles. The lowest BCUT2D eigenvalue weighted by Gasteiger charge is -2.41. The van der Waals surface area contributed by atoms with Gasteiger partial charge in [0.1, 0.15) is 16.7 Å². The van der Waals surface area contributed by atoms with Crippen LogP contribution >= 0.6 is 11.6 Å². The Bertz CT molecular complexity index is 843. The number of nitrogens with one attached hydrogen (secondary N) is 2. The molecule has 2 aliphatic rings. The molecule has 2 fully saturated rings. The van der Waals surface area contributed by atoms with Gasteiger partial charge in [0.2, 0.25) is 0 Å². The third-order valence-corrected chi connectivity index (χ3v) is 5.67. The van der Waals surface area contributed by atoms with Crippen molar-refractivity contribution in [1.29, 1.82) is 0 Å². The highest BCUT2D eigenvalue weighted by Crippen LogP contribution is 2.46. The van der Waals surface area contributed by atoms with E-state index in [0.29, 0.717) is 0 Å². The largest absolute Gasteiger partial charge is 0.434 e. The molecule has 1 aromatic carbocycles. The number of carbonyl (C=O) groups is 2. The van der Waals surface area contributed by atoms with Gasteiger partial charge in [0.25, 0.3) is 5.91 Å². The summed E-state index contributed by atoms with van der Waals surface area (Å²) in [5.74, 6) is -3.02. The summed E-state index contributed by atoms with van der Waals surface area (Å²) >= 11 is 5.62. The van der Waals surface area contributed by atoms with Crippen LogP contribution in [0.5, 0.6) is 0 Å². The van der Waals surface area contributed by atoms with Gasteiger partial charge in [-0.2, -0.15) is 13.2 Å². The zero-order chi connectivity index (χ0) is 22.3. The summed E-state index contributed by atoms with van der Waals surface area (Å²) in [5.41, 5.74) is -2.35. The number of alkyl carbamates (subject to hydrolysis) is 1. The first-order valence-electron chi connectivity index (χ1n) is 8.99. The van der Waals surface area contributed by atoms with Crippen LogP contribution < -0.4 is 10.6 Å². The van der Waals surface area contributed by atoms with Crippen LogP contribution in [0.4, 0.5) is 26.7 Å². The van der Waals surface area contributed by atoms with Crippen LogP contribution in [0, 0.1) is 17.0 Å². The average molecular weight is 457 g/mol. The molecule has 2 saturated heterocycles. The Hall–Kier alpha value is -2.14. The van der Waals surface area contributed by atoms with E-state index in [0.717, 1.165) is 19.1 Å². The number of rotatable bonds is 4. The van der Waals surface area contributed by atoms with Crippen molar-refractivity contribution < 1.29 is 41.0 Å². The van der Waals surface area contributed by atoms with E-state index >= 15 is 0 Å². The van der Waals surface area contributed by atoms with Crippen molar-refractivity contribution >= 4 is 23.6 Å². The second-order valence-electron chi connectivity index (χ2n) is 7.47. The number of halogens is 6. The van der Waals surface area contributed by atoms with Gasteiger partial charge in [-0.05, 0) is 25.8 Å². The Morgan fingerprint density at radius 2 is 2.07 bits per heavy atom. The van der Waals surface area contributed by atoms with Gasteiger partial charge < -0.3 is 20.1 Å². The molecular weight excluding hydrogens is 439 g/mol. The topological polar surface area (TPSA) is 76.7 Å². The van der Waals surface area contributed by atoms with Gasteiger partial charge >= 0.3 is 12.3 Å². The summed E-state index contributed by atoms with van der Waals surface area (Å²) in [6.45, 7) is 0.168. The van der Waals surface area contributed by atoms with Crippen molar-refractivity contribution in [3.05, 3.63) is 34.4 Å². The molecule has 0 aromatic heterocycles. The van der Waals surface area contributed by atoms with Crippen molar-refractivity contribution in [3.63, 3.8) is 0 Å². The van der Waals surface area contributed by atoms with Gasteiger partial charge in [0.15, 0.2) is 6.10 Å². The highest BCUT2D eigenvalue weighted by molar-refractivity contribution is 6.31. The van der Waals surface area contributed by atoms with Crippen LogP contribution in [0.1, 0.15) is 31.4 Å². The van der Waals surface area contributed by atoms with E-state index in [1.54, 1.807) is 0 Å². The zero-order valence-corrected chi connectivity index (χ0v) is 16.4.